The van der Waals surface area contributed by atoms with Crippen molar-refractivity contribution in [3.05, 3.63) is 0 Å². The van der Waals surface area contributed by atoms with Crippen LogP contribution < -0.4 is 5.32 Å². The van der Waals surface area contributed by atoms with Crippen molar-refractivity contribution in [1.82, 2.24) is 5.32 Å². The number of ether oxygens (including phenoxy) is 2. The van der Waals surface area contributed by atoms with E-state index in [1.54, 1.807) is 7.11 Å². The average molecular weight is 187 g/mol. The lowest BCUT2D eigenvalue weighted by Gasteiger charge is -2.38. The summed E-state index contributed by atoms with van der Waals surface area (Å²) in [6, 6.07) is 0.607. The molecule has 3 nitrogen and oxygen atoms in total. The SMILES string of the molecule is CNC1CCOC(C)(CCOC)C1. The lowest BCUT2D eigenvalue weighted by Crippen LogP contribution is -2.44. The maximum Gasteiger partial charge on any atom is 0.0691 e. The highest BCUT2D eigenvalue weighted by Gasteiger charge is 2.31. The Morgan fingerprint density at radius 3 is 3.00 bits per heavy atom. The fourth-order valence-corrected chi connectivity index (χ4v) is 1.87. The highest BCUT2D eigenvalue weighted by Crippen LogP contribution is 2.27. The summed E-state index contributed by atoms with van der Waals surface area (Å²) in [6.45, 7) is 3.83. The quantitative estimate of drug-likeness (QED) is 0.717. The maximum absolute atomic E-state index is 5.78. The van der Waals surface area contributed by atoms with Crippen LogP contribution in [-0.4, -0.2) is 39.0 Å². The summed E-state index contributed by atoms with van der Waals surface area (Å²) >= 11 is 0. The van der Waals surface area contributed by atoms with Crippen molar-refractivity contribution in [2.24, 2.45) is 0 Å². The van der Waals surface area contributed by atoms with Crippen molar-refractivity contribution >= 4 is 0 Å². The molecule has 78 valence electrons. The molecule has 2 unspecified atom stereocenters. The maximum atomic E-state index is 5.78. The van der Waals surface area contributed by atoms with Crippen LogP contribution in [0.3, 0.4) is 0 Å². The van der Waals surface area contributed by atoms with Crippen LogP contribution in [0.25, 0.3) is 0 Å². The highest BCUT2D eigenvalue weighted by molar-refractivity contribution is 4.85. The van der Waals surface area contributed by atoms with Crippen molar-refractivity contribution in [2.45, 2.75) is 37.8 Å². The van der Waals surface area contributed by atoms with Gasteiger partial charge in [-0.2, -0.15) is 0 Å². The van der Waals surface area contributed by atoms with Gasteiger partial charge < -0.3 is 14.8 Å². The van der Waals surface area contributed by atoms with E-state index >= 15 is 0 Å². The predicted octanol–water partition coefficient (Wildman–Crippen LogP) is 1.18. The van der Waals surface area contributed by atoms with Gasteiger partial charge in [0.2, 0.25) is 0 Å². The average Bonchev–Trinajstić information content (AvgIpc) is 2.15. The molecule has 0 amide bonds. The first-order valence-corrected chi connectivity index (χ1v) is 5.00. The largest absolute Gasteiger partial charge is 0.385 e. The molecule has 0 aromatic heterocycles. The predicted molar refractivity (Wildman–Crippen MR) is 52.9 cm³/mol. The lowest BCUT2D eigenvalue weighted by molar-refractivity contribution is -0.0887. The van der Waals surface area contributed by atoms with Gasteiger partial charge in [-0.3, -0.25) is 0 Å². The van der Waals surface area contributed by atoms with E-state index in [0.29, 0.717) is 6.04 Å². The van der Waals surface area contributed by atoms with Gasteiger partial charge in [0.05, 0.1) is 5.60 Å². The molecule has 0 bridgehead atoms. The number of hydrogen-bond donors (Lipinski definition) is 1. The Kier molecular flexibility index (Phi) is 4.16. The van der Waals surface area contributed by atoms with Crippen LogP contribution >= 0.6 is 0 Å². The van der Waals surface area contributed by atoms with E-state index in [1.165, 1.54) is 0 Å². The van der Waals surface area contributed by atoms with Gasteiger partial charge in [-0.05, 0) is 33.2 Å². The summed E-state index contributed by atoms with van der Waals surface area (Å²) in [5.74, 6) is 0. The molecule has 0 aromatic rings. The number of methoxy groups -OCH3 is 1. The molecule has 3 heteroatoms. The first-order valence-electron chi connectivity index (χ1n) is 5.00. The third kappa shape index (κ3) is 3.25. The normalized spacial score (nSPS) is 34.8. The molecular formula is C10H21NO2. The lowest BCUT2D eigenvalue weighted by atomic mass is 9.89. The zero-order chi connectivity index (χ0) is 9.73. The minimum absolute atomic E-state index is 0.0158. The van der Waals surface area contributed by atoms with Crippen molar-refractivity contribution in [1.29, 1.82) is 0 Å². The molecule has 2 atom stereocenters. The zero-order valence-corrected chi connectivity index (χ0v) is 8.93. The second-order valence-corrected chi connectivity index (χ2v) is 4.02. The molecule has 0 aromatic carbocycles. The molecule has 1 heterocycles. The molecular weight excluding hydrogens is 166 g/mol. The minimum atomic E-state index is 0.0158. The Balaban J connectivity index is 2.37. The fraction of sp³-hybridized carbons (Fsp3) is 1.00. The minimum Gasteiger partial charge on any atom is -0.385 e. The van der Waals surface area contributed by atoms with Gasteiger partial charge in [0.25, 0.3) is 0 Å². The van der Waals surface area contributed by atoms with Crippen molar-refractivity contribution in [3.8, 4) is 0 Å². The Morgan fingerprint density at radius 2 is 2.38 bits per heavy atom. The van der Waals surface area contributed by atoms with Gasteiger partial charge in [-0.1, -0.05) is 0 Å². The molecule has 0 saturated carbocycles. The van der Waals surface area contributed by atoms with Gasteiger partial charge in [-0.15, -0.1) is 0 Å². The Bertz CT molecular complexity index is 152. The van der Waals surface area contributed by atoms with E-state index in [-0.39, 0.29) is 5.60 Å². The van der Waals surface area contributed by atoms with Crippen LogP contribution in [0.1, 0.15) is 26.2 Å². The number of hydrogen-bond acceptors (Lipinski definition) is 3. The third-order valence-corrected chi connectivity index (χ3v) is 2.84. The number of nitrogens with one attached hydrogen (secondary N) is 1. The van der Waals surface area contributed by atoms with Crippen LogP contribution in [0.4, 0.5) is 0 Å². The Hall–Kier alpha value is -0.120. The van der Waals surface area contributed by atoms with E-state index in [2.05, 4.69) is 12.2 Å². The van der Waals surface area contributed by atoms with Gasteiger partial charge in [0, 0.05) is 26.4 Å². The first-order chi connectivity index (χ1) is 6.20. The topological polar surface area (TPSA) is 30.5 Å². The van der Waals surface area contributed by atoms with Gasteiger partial charge >= 0.3 is 0 Å². The summed E-state index contributed by atoms with van der Waals surface area (Å²) in [5, 5.41) is 3.31. The monoisotopic (exact) mass is 187 g/mol. The molecule has 1 aliphatic heterocycles. The van der Waals surface area contributed by atoms with Crippen molar-refractivity contribution < 1.29 is 9.47 Å². The molecule has 0 spiro atoms. The zero-order valence-electron chi connectivity index (χ0n) is 8.93. The molecule has 0 aliphatic carbocycles. The van der Waals surface area contributed by atoms with E-state index in [0.717, 1.165) is 32.5 Å². The van der Waals surface area contributed by atoms with Crippen LogP contribution in [0.2, 0.25) is 0 Å². The van der Waals surface area contributed by atoms with Gasteiger partial charge in [0.1, 0.15) is 0 Å². The van der Waals surface area contributed by atoms with Crippen molar-refractivity contribution in [3.63, 3.8) is 0 Å². The fourth-order valence-electron chi connectivity index (χ4n) is 1.87. The van der Waals surface area contributed by atoms with E-state index in [1.807, 2.05) is 7.05 Å². The van der Waals surface area contributed by atoms with Crippen LogP contribution in [0.15, 0.2) is 0 Å². The van der Waals surface area contributed by atoms with Gasteiger partial charge in [-0.25, -0.2) is 0 Å². The summed E-state index contributed by atoms with van der Waals surface area (Å²) < 4.78 is 10.9. The van der Waals surface area contributed by atoms with Crippen molar-refractivity contribution in [2.75, 3.05) is 27.4 Å². The summed E-state index contributed by atoms with van der Waals surface area (Å²) in [5.41, 5.74) is 0.0158. The van der Waals surface area contributed by atoms with Crippen LogP contribution in [0, 0.1) is 0 Å². The standard InChI is InChI=1S/C10H21NO2/c1-10(5-7-12-3)8-9(11-2)4-6-13-10/h9,11H,4-8H2,1-3H3. The Labute approximate surface area is 80.8 Å². The smallest absolute Gasteiger partial charge is 0.0691 e. The van der Waals surface area contributed by atoms with E-state index in [4.69, 9.17) is 9.47 Å². The van der Waals surface area contributed by atoms with Crippen LogP contribution in [-0.2, 0) is 9.47 Å². The molecule has 13 heavy (non-hydrogen) atoms. The van der Waals surface area contributed by atoms with E-state index < -0.39 is 0 Å². The molecule has 0 radical (unpaired) electrons. The highest BCUT2D eigenvalue weighted by atomic mass is 16.5. The number of rotatable bonds is 4. The summed E-state index contributed by atoms with van der Waals surface area (Å²) in [6.07, 6.45) is 3.20. The van der Waals surface area contributed by atoms with Crippen LogP contribution in [0.5, 0.6) is 0 Å². The molecule has 1 N–H and O–H groups in total. The molecule has 1 aliphatic rings. The van der Waals surface area contributed by atoms with E-state index in [9.17, 15) is 0 Å². The third-order valence-electron chi connectivity index (χ3n) is 2.84. The molecule has 1 saturated heterocycles. The second-order valence-electron chi connectivity index (χ2n) is 4.02. The summed E-state index contributed by atoms with van der Waals surface area (Å²) in [7, 11) is 3.76. The second kappa shape index (κ2) is 4.94. The first kappa shape index (κ1) is 11.0. The molecule has 1 rings (SSSR count). The summed E-state index contributed by atoms with van der Waals surface area (Å²) in [4.78, 5) is 0. The van der Waals surface area contributed by atoms with Gasteiger partial charge in [0.15, 0.2) is 0 Å². The molecule has 1 fully saturated rings. The Morgan fingerprint density at radius 1 is 1.62 bits per heavy atom.